The Morgan fingerprint density at radius 1 is 1.00 bits per heavy atom. The van der Waals surface area contributed by atoms with Gasteiger partial charge in [0.1, 0.15) is 12.4 Å². The number of rotatable bonds is 13. The smallest absolute Gasteiger partial charge is 0.455 e. The van der Waals surface area contributed by atoms with Crippen LogP contribution in [0.2, 0.25) is 6.32 Å². The highest BCUT2D eigenvalue weighted by atomic mass is 127. The number of fused-ring (bicyclic) bond motifs is 3. The summed E-state index contributed by atoms with van der Waals surface area (Å²) in [5.41, 5.74) is 5.45. The summed E-state index contributed by atoms with van der Waals surface area (Å²) < 4.78 is 18.8. The largest absolute Gasteiger partial charge is 0.504 e. The lowest BCUT2D eigenvalue weighted by Gasteiger charge is -2.43. The molecule has 284 valence electrons. The Hall–Kier alpha value is -3.65. The molecule has 3 heterocycles. The normalized spacial score (nSPS) is 23.8. The van der Waals surface area contributed by atoms with Gasteiger partial charge in [0.15, 0.2) is 11.5 Å². The minimum atomic E-state index is -1.04. The van der Waals surface area contributed by atoms with Gasteiger partial charge in [-0.15, -0.1) is 0 Å². The molecule has 0 spiro atoms. The number of nitrogens with zero attached hydrogens (tertiary/aromatic N) is 2. The van der Waals surface area contributed by atoms with E-state index in [2.05, 4.69) is 64.8 Å². The Morgan fingerprint density at radius 2 is 1.72 bits per heavy atom. The molecule has 3 saturated heterocycles. The number of piperidine rings is 1. The van der Waals surface area contributed by atoms with Gasteiger partial charge < -0.3 is 24.3 Å². The van der Waals surface area contributed by atoms with E-state index in [1.54, 1.807) is 12.0 Å². The number of hydrogen-bond acceptors (Lipinski definition) is 8. The molecule has 54 heavy (non-hydrogen) atoms. The van der Waals surface area contributed by atoms with E-state index >= 15 is 0 Å². The molecule has 0 bridgehead atoms. The number of phenolic OH excluding ortho intramolecular Hbond substituents is 1. The topological polar surface area (TPSA) is 109 Å². The minimum absolute atomic E-state index is 0.0765. The third kappa shape index (κ3) is 8.44. The number of allylic oxidation sites excluding steroid dienone is 1. The molecular formula is C43H50BIN2O7. The van der Waals surface area contributed by atoms with Gasteiger partial charge in [0, 0.05) is 25.7 Å². The third-order valence-electron chi connectivity index (χ3n) is 11.6. The van der Waals surface area contributed by atoms with Crippen LogP contribution in [-0.4, -0.2) is 77.8 Å². The summed E-state index contributed by atoms with van der Waals surface area (Å²) >= 11 is 2.11. The van der Waals surface area contributed by atoms with Crippen LogP contribution in [0.4, 0.5) is 0 Å². The molecule has 4 atom stereocenters. The summed E-state index contributed by atoms with van der Waals surface area (Å²) in [6.45, 7) is 4.95. The van der Waals surface area contributed by atoms with E-state index in [0.717, 1.165) is 67.8 Å². The maximum Gasteiger partial charge on any atom is 0.455 e. The Labute approximate surface area is 332 Å². The number of aromatic hydroxyl groups is 1. The lowest BCUT2D eigenvalue weighted by atomic mass is 9.58. The van der Waals surface area contributed by atoms with E-state index in [4.69, 9.17) is 14.1 Å². The van der Waals surface area contributed by atoms with Crippen LogP contribution in [0.25, 0.3) is 6.08 Å². The zero-order valence-corrected chi connectivity index (χ0v) is 33.3. The van der Waals surface area contributed by atoms with Gasteiger partial charge in [-0.3, -0.25) is 19.4 Å². The van der Waals surface area contributed by atoms with Gasteiger partial charge in [0.2, 0.25) is 11.8 Å². The van der Waals surface area contributed by atoms with E-state index in [1.165, 1.54) is 11.1 Å². The molecule has 0 saturated carbocycles. The van der Waals surface area contributed by atoms with Crippen molar-refractivity contribution < 1.29 is 33.8 Å². The molecule has 7 rings (SSSR count). The molecule has 3 aromatic rings. The van der Waals surface area contributed by atoms with Crippen LogP contribution in [0.5, 0.6) is 17.2 Å². The molecule has 0 radical (unpaired) electrons. The van der Waals surface area contributed by atoms with Crippen LogP contribution in [0.1, 0.15) is 63.0 Å². The molecule has 3 aliphatic heterocycles. The second kappa shape index (κ2) is 17.4. The third-order valence-corrected chi connectivity index (χ3v) is 12.4. The summed E-state index contributed by atoms with van der Waals surface area (Å²) in [6, 6.07) is 23.7. The SMILES string of the molecule is CCC/C(=C\c1cc(I)c(O)c(OC)c1)CC[C@H]1OB(O)C[C@H]2C1=C(COc1ccccc1)C[C@H]1C(=O)N(C3CCN(Cc4ccccc4)CC3)C(=O)[C@H]12. The minimum Gasteiger partial charge on any atom is -0.504 e. The van der Waals surface area contributed by atoms with Crippen LogP contribution >= 0.6 is 22.6 Å². The summed E-state index contributed by atoms with van der Waals surface area (Å²) in [7, 11) is 0.505. The Balaban J connectivity index is 1.13. The Kier molecular flexibility index (Phi) is 12.5. The molecule has 0 unspecified atom stereocenters. The number of phenols is 1. The van der Waals surface area contributed by atoms with E-state index in [1.807, 2.05) is 48.5 Å². The predicted molar refractivity (Wildman–Crippen MR) is 218 cm³/mol. The number of ether oxygens (including phenoxy) is 2. The van der Waals surface area contributed by atoms with E-state index < -0.39 is 25.1 Å². The second-order valence-electron chi connectivity index (χ2n) is 15.1. The summed E-state index contributed by atoms with van der Waals surface area (Å²) in [4.78, 5) is 32.9. The standard InChI is InChI=1S/C43H50BIN2O7/c1-3-10-28(21-30-22-36(45)41(48)38(23-30)52-2)15-16-37-39-31(27-53-33-13-8-5-9-14-33)24-34-40(35(39)25-44(51)54-37)43(50)47(42(34)49)32-17-19-46(20-18-32)26-29-11-6-4-7-12-29/h4-9,11-14,21-23,32,34-35,37,40,48,51H,3,10,15-20,24-27H2,1-2H3/b28-21+/t34-,35+,37-,40-/m1/s1. The fourth-order valence-electron chi connectivity index (χ4n) is 9.12. The maximum absolute atomic E-state index is 14.5. The Bertz CT molecular complexity index is 1860. The van der Waals surface area contributed by atoms with E-state index in [9.17, 15) is 19.7 Å². The zero-order valence-electron chi connectivity index (χ0n) is 31.2. The average Bonchev–Trinajstić information content (AvgIpc) is 3.43. The molecule has 2 N–H and O–H groups in total. The number of hydrogen-bond donors (Lipinski definition) is 2. The van der Waals surface area contributed by atoms with Crippen molar-refractivity contribution in [2.24, 2.45) is 17.8 Å². The number of halogens is 1. The van der Waals surface area contributed by atoms with Crippen molar-refractivity contribution in [1.29, 1.82) is 0 Å². The fraction of sp³-hybridized carbons (Fsp3) is 0.442. The highest BCUT2D eigenvalue weighted by Crippen LogP contribution is 2.51. The molecule has 2 amide bonds. The lowest BCUT2D eigenvalue weighted by Crippen LogP contribution is -2.48. The van der Waals surface area contributed by atoms with Crippen LogP contribution in [0, 0.1) is 21.3 Å². The summed E-state index contributed by atoms with van der Waals surface area (Å²) in [5, 5.41) is 21.6. The highest BCUT2D eigenvalue weighted by molar-refractivity contribution is 14.1. The Morgan fingerprint density at radius 3 is 2.43 bits per heavy atom. The lowest BCUT2D eigenvalue weighted by molar-refractivity contribution is -0.144. The van der Waals surface area contributed by atoms with E-state index in [-0.39, 0.29) is 42.5 Å². The van der Waals surface area contributed by atoms with Gasteiger partial charge in [-0.2, -0.15) is 0 Å². The van der Waals surface area contributed by atoms with Crippen molar-refractivity contribution in [3.63, 3.8) is 0 Å². The second-order valence-corrected chi connectivity index (χ2v) is 16.3. The molecule has 4 aliphatic rings. The van der Waals surface area contributed by atoms with Crippen molar-refractivity contribution in [2.75, 3.05) is 26.8 Å². The highest BCUT2D eigenvalue weighted by Gasteiger charge is 2.58. The summed E-state index contributed by atoms with van der Waals surface area (Å²) in [6.07, 6.45) is 7.09. The van der Waals surface area contributed by atoms with Gasteiger partial charge in [0.25, 0.3) is 0 Å². The first-order chi connectivity index (χ1) is 26.2. The number of methoxy groups -OCH3 is 1. The molecular weight excluding hydrogens is 794 g/mol. The van der Waals surface area contributed by atoms with Crippen molar-refractivity contribution in [3.8, 4) is 17.2 Å². The van der Waals surface area contributed by atoms with Crippen molar-refractivity contribution in [3.05, 3.63) is 104 Å². The quantitative estimate of drug-likeness (QED) is 0.0789. The number of carbonyl (C=O) groups excluding carboxylic acids is 2. The maximum atomic E-state index is 14.5. The number of benzene rings is 3. The van der Waals surface area contributed by atoms with Gasteiger partial charge >= 0.3 is 7.12 Å². The number of para-hydroxylation sites is 1. The average molecular weight is 845 g/mol. The molecule has 11 heteroatoms. The first-order valence-corrected chi connectivity index (χ1v) is 20.4. The molecule has 9 nitrogen and oxygen atoms in total. The van der Waals surface area contributed by atoms with Crippen molar-refractivity contribution in [1.82, 2.24) is 9.80 Å². The zero-order chi connectivity index (χ0) is 37.8. The van der Waals surface area contributed by atoms with Gasteiger partial charge in [-0.1, -0.05) is 73.5 Å². The summed E-state index contributed by atoms with van der Waals surface area (Å²) in [5.74, 6) is -0.180. The van der Waals surface area contributed by atoms with Gasteiger partial charge in [0.05, 0.1) is 28.6 Å². The van der Waals surface area contributed by atoms with E-state index in [0.29, 0.717) is 28.6 Å². The monoisotopic (exact) mass is 844 g/mol. The molecule has 1 aliphatic carbocycles. The predicted octanol–water partition coefficient (Wildman–Crippen LogP) is 7.51. The molecule has 0 aromatic heterocycles. The number of likely N-dealkylation sites (tertiary alicyclic amines) is 2. The first kappa shape index (κ1) is 38.6. The molecule has 3 fully saturated rings. The van der Waals surface area contributed by atoms with Crippen LogP contribution < -0.4 is 9.47 Å². The van der Waals surface area contributed by atoms with Crippen LogP contribution in [0.15, 0.2) is 89.5 Å². The fourth-order valence-corrected chi connectivity index (χ4v) is 9.75. The van der Waals surface area contributed by atoms with Crippen molar-refractivity contribution in [2.45, 2.75) is 76.9 Å². The molecule has 3 aromatic carbocycles. The number of amides is 2. The number of imide groups is 1. The number of carbonyl (C=O) groups is 2. The first-order valence-electron chi connectivity index (χ1n) is 19.4. The van der Waals surface area contributed by atoms with Gasteiger partial charge in [-0.25, -0.2) is 0 Å². The van der Waals surface area contributed by atoms with Crippen LogP contribution in [-0.2, 0) is 20.8 Å². The van der Waals surface area contributed by atoms with Crippen molar-refractivity contribution >= 4 is 47.6 Å². The van der Waals surface area contributed by atoms with Gasteiger partial charge in [-0.05, 0) is 120 Å². The van der Waals surface area contributed by atoms with Crippen LogP contribution in [0.3, 0.4) is 0 Å².